The highest BCUT2D eigenvalue weighted by Crippen LogP contribution is 2.32. The second-order valence-corrected chi connectivity index (χ2v) is 10.2. The standard InChI is InChI=1S/C17H21ClN2O2S2/c1-12-5-6-15(23-12)11-20-7-3-4-13(10-20)17-16(24(2,21)22)8-14(18)9-19-17/h5-6,8-9,13H,3-4,7,10-11H2,1-2H3. The number of hydrogen-bond donors (Lipinski definition) is 0. The summed E-state index contributed by atoms with van der Waals surface area (Å²) >= 11 is 7.78. The molecular formula is C17H21ClN2O2S2. The second-order valence-electron chi connectivity index (χ2n) is 6.40. The van der Waals surface area contributed by atoms with Gasteiger partial charge >= 0.3 is 0 Å². The van der Waals surface area contributed by atoms with Gasteiger partial charge < -0.3 is 0 Å². The molecule has 3 heterocycles. The predicted octanol–water partition coefficient (Wildman–Crippen LogP) is 3.89. The van der Waals surface area contributed by atoms with Crippen LogP contribution in [-0.4, -0.2) is 37.6 Å². The van der Waals surface area contributed by atoms with Gasteiger partial charge in [-0.25, -0.2) is 8.42 Å². The van der Waals surface area contributed by atoms with Crippen molar-refractivity contribution < 1.29 is 8.42 Å². The molecule has 1 saturated heterocycles. The average Bonchev–Trinajstić information content (AvgIpc) is 2.91. The molecule has 3 rings (SSSR count). The Morgan fingerprint density at radius 1 is 1.42 bits per heavy atom. The number of likely N-dealkylation sites (tertiary alicyclic amines) is 1. The monoisotopic (exact) mass is 384 g/mol. The van der Waals surface area contributed by atoms with E-state index in [0.29, 0.717) is 10.7 Å². The summed E-state index contributed by atoms with van der Waals surface area (Å²) in [5, 5.41) is 0.362. The lowest BCUT2D eigenvalue weighted by molar-refractivity contribution is 0.199. The fourth-order valence-corrected chi connectivity index (χ4v) is 5.34. The molecule has 1 atom stereocenters. The second kappa shape index (κ2) is 7.12. The van der Waals surface area contributed by atoms with E-state index in [1.54, 1.807) is 6.20 Å². The summed E-state index contributed by atoms with van der Waals surface area (Å²) in [5.74, 6) is 0.127. The normalized spacial score (nSPS) is 19.5. The van der Waals surface area contributed by atoms with Gasteiger partial charge in [0, 0.05) is 41.2 Å². The van der Waals surface area contributed by atoms with Gasteiger partial charge in [-0.1, -0.05) is 11.6 Å². The topological polar surface area (TPSA) is 50.3 Å². The molecule has 0 saturated carbocycles. The number of halogens is 1. The van der Waals surface area contributed by atoms with Crippen molar-refractivity contribution in [1.29, 1.82) is 0 Å². The number of aryl methyl sites for hydroxylation is 1. The maximum absolute atomic E-state index is 12.1. The fraction of sp³-hybridized carbons (Fsp3) is 0.471. The number of nitrogens with zero attached hydrogens (tertiary/aromatic N) is 2. The molecule has 4 nitrogen and oxygen atoms in total. The van der Waals surface area contributed by atoms with Crippen LogP contribution in [0.4, 0.5) is 0 Å². The predicted molar refractivity (Wildman–Crippen MR) is 98.7 cm³/mol. The summed E-state index contributed by atoms with van der Waals surface area (Å²) in [5.41, 5.74) is 0.661. The van der Waals surface area contributed by atoms with Crippen LogP contribution in [0.2, 0.25) is 5.02 Å². The molecule has 1 aliphatic rings. The van der Waals surface area contributed by atoms with E-state index in [4.69, 9.17) is 11.6 Å². The van der Waals surface area contributed by atoms with E-state index in [-0.39, 0.29) is 10.8 Å². The highest BCUT2D eigenvalue weighted by molar-refractivity contribution is 7.90. The summed E-state index contributed by atoms with van der Waals surface area (Å²) in [4.78, 5) is 9.71. The molecule has 1 fully saturated rings. The molecule has 1 aliphatic heterocycles. The summed E-state index contributed by atoms with van der Waals surface area (Å²) < 4.78 is 24.2. The lowest BCUT2D eigenvalue weighted by Crippen LogP contribution is -2.34. The molecule has 130 valence electrons. The molecule has 0 spiro atoms. The Bertz CT molecular complexity index is 833. The zero-order valence-corrected chi connectivity index (χ0v) is 16.2. The molecule has 0 amide bonds. The van der Waals surface area contributed by atoms with Gasteiger partial charge in [-0.2, -0.15) is 0 Å². The smallest absolute Gasteiger partial charge is 0.177 e. The lowest BCUT2D eigenvalue weighted by atomic mass is 9.94. The van der Waals surface area contributed by atoms with Gasteiger partial charge in [0.05, 0.1) is 15.6 Å². The zero-order chi connectivity index (χ0) is 17.3. The number of thiophene rings is 1. The summed E-state index contributed by atoms with van der Waals surface area (Å²) in [6, 6.07) is 5.84. The Hall–Kier alpha value is -0.950. The van der Waals surface area contributed by atoms with Gasteiger partial charge in [-0.05, 0) is 44.5 Å². The number of hydrogen-bond acceptors (Lipinski definition) is 5. The highest BCUT2D eigenvalue weighted by Gasteiger charge is 2.27. The molecule has 0 aromatic carbocycles. The van der Waals surface area contributed by atoms with E-state index in [2.05, 4.69) is 28.9 Å². The molecule has 1 unspecified atom stereocenters. The van der Waals surface area contributed by atoms with Crippen molar-refractivity contribution in [3.8, 4) is 0 Å². The molecule has 0 radical (unpaired) electrons. The number of sulfone groups is 1. The van der Waals surface area contributed by atoms with E-state index >= 15 is 0 Å². The van der Waals surface area contributed by atoms with Gasteiger partial charge in [0.25, 0.3) is 0 Å². The number of piperidine rings is 1. The van der Waals surface area contributed by atoms with Crippen molar-refractivity contribution in [2.45, 2.75) is 37.1 Å². The molecule has 2 aromatic rings. The first-order chi connectivity index (χ1) is 11.3. The Balaban J connectivity index is 1.82. The number of aromatic nitrogens is 1. The molecule has 0 N–H and O–H groups in total. The van der Waals surface area contributed by atoms with Crippen LogP contribution in [0.1, 0.15) is 34.2 Å². The van der Waals surface area contributed by atoms with Gasteiger partial charge in [0.1, 0.15) is 0 Å². The Kier molecular flexibility index (Phi) is 5.30. The van der Waals surface area contributed by atoms with E-state index in [1.165, 1.54) is 22.1 Å². The SMILES string of the molecule is Cc1ccc(CN2CCCC(c3ncc(Cl)cc3S(C)(=O)=O)C2)s1. The third kappa shape index (κ3) is 4.17. The molecule has 24 heavy (non-hydrogen) atoms. The Morgan fingerprint density at radius 3 is 2.88 bits per heavy atom. The Labute approximate surface area is 152 Å². The van der Waals surface area contributed by atoms with Gasteiger partial charge in [-0.15, -0.1) is 11.3 Å². The third-order valence-electron chi connectivity index (χ3n) is 4.32. The van der Waals surface area contributed by atoms with E-state index in [1.807, 2.05) is 11.3 Å². The summed E-state index contributed by atoms with van der Waals surface area (Å²) in [7, 11) is -3.34. The maximum Gasteiger partial charge on any atom is 0.177 e. The van der Waals surface area contributed by atoms with Crippen molar-refractivity contribution in [1.82, 2.24) is 9.88 Å². The zero-order valence-electron chi connectivity index (χ0n) is 13.8. The minimum Gasteiger partial charge on any atom is -0.298 e. The van der Waals surface area contributed by atoms with Crippen molar-refractivity contribution in [2.75, 3.05) is 19.3 Å². The first kappa shape index (κ1) is 17.9. The lowest BCUT2D eigenvalue weighted by Gasteiger charge is -2.32. The van der Waals surface area contributed by atoms with E-state index in [9.17, 15) is 8.42 Å². The maximum atomic E-state index is 12.1. The van der Waals surface area contributed by atoms with Crippen LogP contribution in [0, 0.1) is 6.92 Å². The quantitative estimate of drug-likeness (QED) is 0.802. The minimum atomic E-state index is -3.34. The van der Waals surface area contributed by atoms with Crippen molar-refractivity contribution >= 4 is 32.8 Å². The third-order valence-corrected chi connectivity index (χ3v) is 6.63. The van der Waals surface area contributed by atoms with Crippen molar-refractivity contribution in [2.24, 2.45) is 0 Å². The van der Waals surface area contributed by atoms with Gasteiger partial charge in [0.2, 0.25) is 0 Å². The van der Waals surface area contributed by atoms with Crippen LogP contribution in [0.15, 0.2) is 29.3 Å². The van der Waals surface area contributed by atoms with Crippen LogP contribution in [0.5, 0.6) is 0 Å². The van der Waals surface area contributed by atoms with Crippen LogP contribution < -0.4 is 0 Å². The average molecular weight is 385 g/mol. The van der Waals surface area contributed by atoms with Crippen molar-refractivity contribution in [3.05, 3.63) is 44.9 Å². The molecule has 2 aromatic heterocycles. The minimum absolute atomic E-state index is 0.127. The van der Waals surface area contributed by atoms with Gasteiger partial charge in [-0.3, -0.25) is 9.88 Å². The van der Waals surface area contributed by atoms with Crippen LogP contribution in [0.3, 0.4) is 0 Å². The fourth-order valence-electron chi connectivity index (χ4n) is 3.25. The molecular weight excluding hydrogens is 364 g/mol. The van der Waals surface area contributed by atoms with Gasteiger partial charge in [0.15, 0.2) is 9.84 Å². The first-order valence-electron chi connectivity index (χ1n) is 7.96. The van der Waals surface area contributed by atoms with E-state index in [0.717, 1.165) is 32.5 Å². The molecule has 7 heteroatoms. The largest absolute Gasteiger partial charge is 0.298 e. The first-order valence-corrected chi connectivity index (χ1v) is 11.0. The molecule has 0 aliphatic carbocycles. The van der Waals surface area contributed by atoms with Crippen LogP contribution in [0.25, 0.3) is 0 Å². The van der Waals surface area contributed by atoms with Crippen LogP contribution >= 0.6 is 22.9 Å². The highest BCUT2D eigenvalue weighted by atomic mass is 35.5. The summed E-state index contributed by atoms with van der Waals surface area (Å²) in [6.07, 6.45) is 4.77. The van der Waals surface area contributed by atoms with Crippen molar-refractivity contribution in [3.63, 3.8) is 0 Å². The van der Waals surface area contributed by atoms with E-state index < -0.39 is 9.84 Å². The van der Waals surface area contributed by atoms with Crippen LogP contribution in [-0.2, 0) is 16.4 Å². The summed E-state index contributed by atoms with van der Waals surface area (Å²) in [6.45, 7) is 4.89. The molecule has 0 bridgehead atoms. The Morgan fingerprint density at radius 2 is 2.21 bits per heavy atom. The number of pyridine rings is 1. The number of rotatable bonds is 4.